The first-order valence-corrected chi connectivity index (χ1v) is 6.84. The van der Waals surface area contributed by atoms with Gasteiger partial charge in [-0.1, -0.05) is 18.2 Å². The molecule has 1 aromatic carbocycles. The zero-order valence-electron chi connectivity index (χ0n) is 10.9. The predicted molar refractivity (Wildman–Crippen MR) is 75.9 cm³/mol. The molecule has 0 amide bonds. The molecule has 3 rings (SSSR count). The Hall–Kier alpha value is -1.32. The zero-order chi connectivity index (χ0) is 12.4. The molecule has 3 heteroatoms. The van der Waals surface area contributed by atoms with Gasteiger partial charge >= 0.3 is 0 Å². The lowest BCUT2D eigenvalue weighted by Crippen LogP contribution is -2.50. The lowest BCUT2D eigenvalue weighted by atomic mass is 10.1. The van der Waals surface area contributed by atoms with Gasteiger partial charge in [-0.25, -0.2) is 0 Å². The molecule has 0 saturated carbocycles. The van der Waals surface area contributed by atoms with Crippen LogP contribution in [0, 0.1) is 0 Å². The Labute approximate surface area is 108 Å². The van der Waals surface area contributed by atoms with Gasteiger partial charge in [-0.2, -0.15) is 0 Å². The second kappa shape index (κ2) is 5.12. The van der Waals surface area contributed by atoms with Crippen LogP contribution in [0.25, 0.3) is 10.9 Å². The number of aromatic amines is 1. The quantitative estimate of drug-likeness (QED) is 0.864. The summed E-state index contributed by atoms with van der Waals surface area (Å²) in [6.45, 7) is 6.88. The Morgan fingerprint density at radius 1 is 1.33 bits per heavy atom. The fourth-order valence-electron chi connectivity index (χ4n) is 2.82. The summed E-state index contributed by atoms with van der Waals surface area (Å²) in [7, 11) is 0. The Bertz CT molecular complexity index is 517. The van der Waals surface area contributed by atoms with E-state index in [0.29, 0.717) is 6.04 Å². The molecule has 1 aliphatic rings. The lowest BCUT2D eigenvalue weighted by molar-refractivity contribution is 0.176. The Kier molecular flexibility index (Phi) is 3.35. The van der Waals surface area contributed by atoms with E-state index < -0.39 is 0 Å². The third-order valence-corrected chi connectivity index (χ3v) is 3.98. The van der Waals surface area contributed by atoms with Crippen molar-refractivity contribution in [1.82, 2.24) is 15.2 Å². The molecule has 2 aromatic rings. The van der Waals surface area contributed by atoms with Crippen molar-refractivity contribution in [3.8, 4) is 0 Å². The van der Waals surface area contributed by atoms with E-state index in [0.717, 1.165) is 26.1 Å². The Balaban J connectivity index is 1.69. The lowest BCUT2D eigenvalue weighted by Gasteiger charge is -2.33. The average Bonchev–Trinajstić information content (AvgIpc) is 2.81. The molecular weight excluding hydrogens is 222 g/mol. The van der Waals surface area contributed by atoms with Gasteiger partial charge in [-0.15, -0.1) is 0 Å². The fraction of sp³-hybridized carbons (Fsp3) is 0.467. The minimum Gasteiger partial charge on any atom is -0.361 e. The molecule has 0 bridgehead atoms. The molecule has 2 heterocycles. The van der Waals surface area contributed by atoms with Crippen molar-refractivity contribution in [2.75, 3.05) is 26.2 Å². The van der Waals surface area contributed by atoms with E-state index in [1.807, 2.05) is 0 Å². The summed E-state index contributed by atoms with van der Waals surface area (Å²) < 4.78 is 0. The SMILES string of the molecule is CC1CNCCN1CCc1c[nH]c2ccccc12. The highest BCUT2D eigenvalue weighted by Crippen LogP contribution is 2.18. The molecular formula is C15H21N3. The summed E-state index contributed by atoms with van der Waals surface area (Å²) >= 11 is 0. The van der Waals surface area contributed by atoms with Gasteiger partial charge in [-0.05, 0) is 25.0 Å². The van der Waals surface area contributed by atoms with Gasteiger partial charge in [0.1, 0.15) is 0 Å². The van der Waals surface area contributed by atoms with E-state index in [-0.39, 0.29) is 0 Å². The number of piperazine rings is 1. The van der Waals surface area contributed by atoms with Crippen molar-refractivity contribution in [1.29, 1.82) is 0 Å². The predicted octanol–water partition coefficient (Wildman–Crippen LogP) is 2.00. The first-order chi connectivity index (χ1) is 8.84. The molecule has 2 N–H and O–H groups in total. The van der Waals surface area contributed by atoms with Crippen LogP contribution < -0.4 is 5.32 Å². The van der Waals surface area contributed by atoms with E-state index in [1.165, 1.54) is 23.0 Å². The molecule has 0 spiro atoms. The van der Waals surface area contributed by atoms with Gasteiger partial charge in [0, 0.05) is 49.3 Å². The minimum atomic E-state index is 0.656. The summed E-state index contributed by atoms with van der Waals surface area (Å²) in [6, 6.07) is 9.21. The molecule has 96 valence electrons. The first-order valence-electron chi connectivity index (χ1n) is 6.84. The van der Waals surface area contributed by atoms with Gasteiger partial charge in [0.2, 0.25) is 0 Å². The summed E-state index contributed by atoms with van der Waals surface area (Å²) in [5.74, 6) is 0. The van der Waals surface area contributed by atoms with E-state index in [4.69, 9.17) is 0 Å². The van der Waals surface area contributed by atoms with Crippen molar-refractivity contribution in [2.24, 2.45) is 0 Å². The van der Waals surface area contributed by atoms with Crippen LogP contribution in [-0.4, -0.2) is 42.1 Å². The summed E-state index contributed by atoms with van der Waals surface area (Å²) in [4.78, 5) is 5.94. The number of nitrogens with one attached hydrogen (secondary N) is 2. The Morgan fingerprint density at radius 2 is 2.22 bits per heavy atom. The highest BCUT2D eigenvalue weighted by Gasteiger charge is 2.17. The number of hydrogen-bond acceptors (Lipinski definition) is 2. The minimum absolute atomic E-state index is 0.656. The standard InChI is InChI=1S/C15H21N3/c1-12-10-16-7-9-18(12)8-6-13-11-17-15-5-3-2-4-14(13)15/h2-5,11-12,16-17H,6-10H2,1H3. The van der Waals surface area contributed by atoms with Crippen LogP contribution in [0.4, 0.5) is 0 Å². The smallest absolute Gasteiger partial charge is 0.0456 e. The van der Waals surface area contributed by atoms with Gasteiger partial charge < -0.3 is 10.3 Å². The van der Waals surface area contributed by atoms with Gasteiger partial charge in [0.05, 0.1) is 0 Å². The largest absolute Gasteiger partial charge is 0.361 e. The molecule has 3 nitrogen and oxygen atoms in total. The van der Waals surface area contributed by atoms with Crippen LogP contribution in [0.15, 0.2) is 30.5 Å². The second-order valence-electron chi connectivity index (χ2n) is 5.20. The van der Waals surface area contributed by atoms with Gasteiger partial charge in [-0.3, -0.25) is 4.90 Å². The van der Waals surface area contributed by atoms with Crippen LogP contribution in [0.1, 0.15) is 12.5 Å². The molecule has 0 radical (unpaired) electrons. The number of para-hydroxylation sites is 1. The van der Waals surface area contributed by atoms with Crippen LogP contribution in [0.2, 0.25) is 0 Å². The molecule has 1 saturated heterocycles. The average molecular weight is 243 g/mol. The second-order valence-corrected chi connectivity index (χ2v) is 5.20. The highest BCUT2D eigenvalue weighted by molar-refractivity contribution is 5.83. The molecule has 18 heavy (non-hydrogen) atoms. The van der Waals surface area contributed by atoms with Crippen molar-refractivity contribution in [2.45, 2.75) is 19.4 Å². The van der Waals surface area contributed by atoms with Crippen molar-refractivity contribution in [3.63, 3.8) is 0 Å². The molecule has 1 fully saturated rings. The third kappa shape index (κ3) is 2.28. The van der Waals surface area contributed by atoms with Crippen LogP contribution in [0.5, 0.6) is 0 Å². The fourth-order valence-corrected chi connectivity index (χ4v) is 2.82. The van der Waals surface area contributed by atoms with Crippen molar-refractivity contribution in [3.05, 3.63) is 36.0 Å². The highest BCUT2D eigenvalue weighted by atomic mass is 15.2. The first kappa shape index (κ1) is 11.8. The van der Waals surface area contributed by atoms with Crippen molar-refractivity contribution < 1.29 is 0 Å². The number of nitrogens with zero attached hydrogens (tertiary/aromatic N) is 1. The summed E-state index contributed by atoms with van der Waals surface area (Å²) in [5, 5.41) is 4.81. The molecule has 1 aliphatic heterocycles. The molecule has 0 aliphatic carbocycles. The topological polar surface area (TPSA) is 31.1 Å². The van der Waals surface area contributed by atoms with Gasteiger partial charge in [0.15, 0.2) is 0 Å². The summed E-state index contributed by atoms with van der Waals surface area (Å²) in [6.07, 6.45) is 3.30. The van der Waals surface area contributed by atoms with Gasteiger partial charge in [0.25, 0.3) is 0 Å². The number of benzene rings is 1. The number of hydrogen-bond donors (Lipinski definition) is 2. The number of H-pyrrole nitrogens is 1. The van der Waals surface area contributed by atoms with E-state index in [9.17, 15) is 0 Å². The monoisotopic (exact) mass is 243 g/mol. The summed E-state index contributed by atoms with van der Waals surface area (Å²) in [5.41, 5.74) is 2.69. The zero-order valence-corrected chi connectivity index (χ0v) is 10.9. The van der Waals surface area contributed by atoms with Crippen LogP contribution >= 0.6 is 0 Å². The number of rotatable bonds is 3. The third-order valence-electron chi connectivity index (χ3n) is 3.98. The normalized spacial score (nSPS) is 21.5. The molecule has 1 atom stereocenters. The molecule has 1 aromatic heterocycles. The van der Waals surface area contributed by atoms with Crippen molar-refractivity contribution >= 4 is 10.9 Å². The number of aromatic nitrogens is 1. The van der Waals surface area contributed by atoms with Crippen LogP contribution in [0.3, 0.4) is 0 Å². The number of fused-ring (bicyclic) bond motifs is 1. The maximum Gasteiger partial charge on any atom is 0.0456 e. The maximum absolute atomic E-state index is 3.44. The molecule has 1 unspecified atom stereocenters. The van der Waals surface area contributed by atoms with E-state index in [1.54, 1.807) is 0 Å². The van der Waals surface area contributed by atoms with E-state index in [2.05, 4.69) is 52.6 Å². The maximum atomic E-state index is 3.44. The van der Waals surface area contributed by atoms with E-state index >= 15 is 0 Å². The van der Waals surface area contributed by atoms with Crippen LogP contribution in [-0.2, 0) is 6.42 Å². The Morgan fingerprint density at radius 3 is 3.11 bits per heavy atom.